The molecule has 96 valence electrons. The summed E-state index contributed by atoms with van der Waals surface area (Å²) < 4.78 is 30.4. The van der Waals surface area contributed by atoms with Crippen molar-refractivity contribution >= 4 is 10.0 Å². The predicted molar refractivity (Wildman–Crippen MR) is 66.5 cm³/mol. The van der Waals surface area contributed by atoms with Crippen LogP contribution in [0.3, 0.4) is 0 Å². The smallest absolute Gasteiger partial charge is 0.246 e. The first-order valence-electron chi connectivity index (χ1n) is 5.16. The van der Waals surface area contributed by atoms with Crippen molar-refractivity contribution in [2.75, 3.05) is 21.2 Å². The van der Waals surface area contributed by atoms with E-state index >= 15 is 0 Å². The number of hydrogen-bond donors (Lipinski definition) is 1. The van der Waals surface area contributed by atoms with Gasteiger partial charge in [0, 0.05) is 20.1 Å². The van der Waals surface area contributed by atoms with E-state index in [9.17, 15) is 8.42 Å². The van der Waals surface area contributed by atoms with Crippen molar-refractivity contribution < 1.29 is 13.2 Å². The van der Waals surface area contributed by atoms with Crippen molar-refractivity contribution in [1.29, 1.82) is 0 Å². The predicted octanol–water partition coefficient (Wildman–Crippen LogP) is 0.965. The van der Waals surface area contributed by atoms with Crippen molar-refractivity contribution in [1.82, 2.24) is 4.31 Å². The lowest BCUT2D eigenvalue weighted by Gasteiger charge is -2.16. The lowest BCUT2D eigenvalue weighted by atomic mass is 10.1. The van der Waals surface area contributed by atoms with Crippen LogP contribution in [0.5, 0.6) is 5.75 Å². The standard InChI is InChI=1S/C11H18N2O3S/c1-8(12)9-5-6-10(16-4)11(7-9)17(14,15)13(2)3/h5-8H,12H2,1-4H3. The third kappa shape index (κ3) is 2.77. The van der Waals surface area contributed by atoms with Crippen molar-refractivity contribution in [2.24, 2.45) is 5.73 Å². The minimum absolute atomic E-state index is 0.139. The Hall–Kier alpha value is -1.11. The Kier molecular flexibility index (Phi) is 4.13. The van der Waals surface area contributed by atoms with E-state index in [2.05, 4.69) is 0 Å². The molecule has 0 amide bonds. The lowest BCUT2D eigenvalue weighted by Crippen LogP contribution is -2.23. The SMILES string of the molecule is COc1ccc(C(C)N)cc1S(=O)(=O)N(C)C. The van der Waals surface area contributed by atoms with Gasteiger partial charge in [-0.25, -0.2) is 12.7 Å². The highest BCUT2D eigenvalue weighted by Gasteiger charge is 2.22. The van der Waals surface area contributed by atoms with E-state index in [0.29, 0.717) is 5.75 Å². The van der Waals surface area contributed by atoms with Crippen LogP contribution in [0.2, 0.25) is 0 Å². The van der Waals surface area contributed by atoms with Crippen LogP contribution in [-0.4, -0.2) is 33.9 Å². The molecule has 1 rings (SSSR count). The number of ether oxygens (including phenoxy) is 1. The highest BCUT2D eigenvalue weighted by Crippen LogP contribution is 2.28. The molecule has 1 aromatic carbocycles. The molecule has 6 heteroatoms. The second-order valence-corrected chi connectivity index (χ2v) is 6.11. The molecule has 5 nitrogen and oxygen atoms in total. The van der Waals surface area contributed by atoms with Gasteiger partial charge in [-0.2, -0.15) is 0 Å². The van der Waals surface area contributed by atoms with Gasteiger partial charge in [-0.3, -0.25) is 0 Å². The summed E-state index contributed by atoms with van der Waals surface area (Å²) in [4.78, 5) is 0.139. The molecule has 0 aromatic heterocycles. The van der Waals surface area contributed by atoms with Crippen molar-refractivity contribution in [3.05, 3.63) is 23.8 Å². The molecule has 0 aliphatic rings. The van der Waals surface area contributed by atoms with E-state index in [-0.39, 0.29) is 10.9 Å². The van der Waals surface area contributed by atoms with E-state index in [1.54, 1.807) is 25.1 Å². The maximum absolute atomic E-state index is 12.1. The number of nitrogens with zero attached hydrogens (tertiary/aromatic N) is 1. The molecular weight excluding hydrogens is 240 g/mol. The van der Waals surface area contributed by atoms with Gasteiger partial charge in [0.2, 0.25) is 10.0 Å². The Balaban J connectivity index is 3.44. The minimum Gasteiger partial charge on any atom is -0.495 e. The van der Waals surface area contributed by atoms with Crippen LogP contribution in [0.4, 0.5) is 0 Å². The first-order valence-corrected chi connectivity index (χ1v) is 6.60. The van der Waals surface area contributed by atoms with Crippen LogP contribution in [-0.2, 0) is 10.0 Å². The molecule has 0 fully saturated rings. The van der Waals surface area contributed by atoms with Gasteiger partial charge in [-0.05, 0) is 24.6 Å². The van der Waals surface area contributed by atoms with E-state index < -0.39 is 10.0 Å². The number of sulfonamides is 1. The van der Waals surface area contributed by atoms with E-state index in [1.165, 1.54) is 21.2 Å². The van der Waals surface area contributed by atoms with Gasteiger partial charge >= 0.3 is 0 Å². The third-order valence-electron chi connectivity index (χ3n) is 2.47. The normalized spacial score (nSPS) is 13.8. The van der Waals surface area contributed by atoms with E-state index in [4.69, 9.17) is 10.5 Å². The summed E-state index contributed by atoms with van der Waals surface area (Å²) in [5, 5.41) is 0. The van der Waals surface area contributed by atoms with Crippen LogP contribution < -0.4 is 10.5 Å². The lowest BCUT2D eigenvalue weighted by molar-refractivity contribution is 0.400. The Morgan fingerprint density at radius 1 is 1.35 bits per heavy atom. The van der Waals surface area contributed by atoms with Crippen molar-refractivity contribution in [3.63, 3.8) is 0 Å². The van der Waals surface area contributed by atoms with Crippen molar-refractivity contribution in [2.45, 2.75) is 17.9 Å². The zero-order chi connectivity index (χ0) is 13.2. The summed E-state index contributed by atoms with van der Waals surface area (Å²) in [5.41, 5.74) is 6.50. The molecule has 0 spiro atoms. The Morgan fingerprint density at radius 2 is 1.94 bits per heavy atom. The third-order valence-corrected chi connectivity index (χ3v) is 4.31. The van der Waals surface area contributed by atoms with Crippen LogP contribution >= 0.6 is 0 Å². The van der Waals surface area contributed by atoms with Crippen LogP contribution in [0.25, 0.3) is 0 Å². The molecular formula is C11H18N2O3S. The van der Waals surface area contributed by atoms with Crippen LogP contribution in [0, 0.1) is 0 Å². The fourth-order valence-corrected chi connectivity index (χ4v) is 2.46. The molecule has 0 saturated carbocycles. The monoisotopic (exact) mass is 258 g/mol. The molecule has 17 heavy (non-hydrogen) atoms. The van der Waals surface area contributed by atoms with E-state index in [0.717, 1.165) is 9.87 Å². The highest BCUT2D eigenvalue weighted by molar-refractivity contribution is 7.89. The van der Waals surface area contributed by atoms with Gasteiger partial charge in [0.1, 0.15) is 10.6 Å². The fraction of sp³-hybridized carbons (Fsp3) is 0.455. The quantitative estimate of drug-likeness (QED) is 0.873. The molecule has 0 aliphatic heterocycles. The first-order chi connectivity index (χ1) is 7.80. The number of hydrogen-bond acceptors (Lipinski definition) is 4. The second kappa shape index (κ2) is 5.03. The topological polar surface area (TPSA) is 72.6 Å². The zero-order valence-electron chi connectivity index (χ0n) is 10.5. The Labute approximate surface area is 102 Å². The molecule has 0 saturated heterocycles. The van der Waals surface area contributed by atoms with Gasteiger partial charge in [0.15, 0.2) is 0 Å². The number of benzene rings is 1. The summed E-state index contributed by atoms with van der Waals surface area (Å²) in [7, 11) is 0.876. The van der Waals surface area contributed by atoms with Crippen LogP contribution in [0.1, 0.15) is 18.5 Å². The molecule has 0 heterocycles. The average Bonchev–Trinajstić information content (AvgIpc) is 2.27. The minimum atomic E-state index is -3.52. The molecule has 1 atom stereocenters. The summed E-state index contributed by atoms with van der Waals surface area (Å²) in [6, 6.07) is 4.71. The summed E-state index contributed by atoms with van der Waals surface area (Å²) in [6.07, 6.45) is 0. The summed E-state index contributed by atoms with van der Waals surface area (Å²) in [6.45, 7) is 1.80. The number of methoxy groups -OCH3 is 1. The maximum Gasteiger partial charge on any atom is 0.246 e. The van der Waals surface area contributed by atoms with Gasteiger partial charge in [0.25, 0.3) is 0 Å². The van der Waals surface area contributed by atoms with Gasteiger partial charge in [0.05, 0.1) is 7.11 Å². The number of nitrogens with two attached hydrogens (primary N) is 1. The zero-order valence-corrected chi connectivity index (χ0v) is 11.3. The highest BCUT2D eigenvalue weighted by atomic mass is 32.2. The Bertz CT molecular complexity index is 495. The molecule has 2 N–H and O–H groups in total. The largest absolute Gasteiger partial charge is 0.495 e. The summed E-state index contributed by atoms with van der Waals surface area (Å²) >= 11 is 0. The Morgan fingerprint density at radius 3 is 2.35 bits per heavy atom. The molecule has 0 radical (unpaired) electrons. The van der Waals surface area contributed by atoms with Crippen molar-refractivity contribution in [3.8, 4) is 5.75 Å². The van der Waals surface area contributed by atoms with Gasteiger partial charge in [-0.1, -0.05) is 6.07 Å². The molecule has 1 aromatic rings. The molecule has 0 aliphatic carbocycles. The molecule has 1 unspecified atom stereocenters. The summed E-state index contributed by atoms with van der Waals surface area (Å²) in [5.74, 6) is 0.322. The van der Waals surface area contributed by atoms with Crippen LogP contribution in [0.15, 0.2) is 23.1 Å². The average molecular weight is 258 g/mol. The van der Waals surface area contributed by atoms with Gasteiger partial charge in [-0.15, -0.1) is 0 Å². The second-order valence-electron chi connectivity index (χ2n) is 3.99. The number of rotatable bonds is 4. The van der Waals surface area contributed by atoms with E-state index in [1.807, 2.05) is 0 Å². The fourth-order valence-electron chi connectivity index (χ4n) is 1.37. The van der Waals surface area contributed by atoms with Gasteiger partial charge < -0.3 is 10.5 Å². The maximum atomic E-state index is 12.1. The molecule has 0 bridgehead atoms. The first kappa shape index (κ1) is 14.0.